The first-order valence-electron chi connectivity index (χ1n) is 10.2. The molecule has 0 bridgehead atoms. The molecule has 2 N–H and O–H groups in total. The highest BCUT2D eigenvalue weighted by Gasteiger charge is 2.19. The fourth-order valence-corrected chi connectivity index (χ4v) is 3.97. The predicted octanol–water partition coefficient (Wildman–Crippen LogP) is 5.86. The van der Waals surface area contributed by atoms with Crippen molar-refractivity contribution in [3.8, 4) is 11.3 Å². The van der Waals surface area contributed by atoms with Crippen LogP contribution in [0.1, 0.15) is 31.9 Å². The summed E-state index contributed by atoms with van der Waals surface area (Å²) >= 11 is 11.4. The van der Waals surface area contributed by atoms with Crippen LogP contribution < -0.4 is 15.5 Å². The van der Waals surface area contributed by atoms with E-state index in [1.54, 1.807) is 0 Å². The molecule has 156 valence electrons. The van der Waals surface area contributed by atoms with Crippen molar-refractivity contribution >= 4 is 40.4 Å². The van der Waals surface area contributed by atoms with E-state index >= 15 is 0 Å². The van der Waals surface area contributed by atoms with Gasteiger partial charge >= 0.3 is 0 Å². The van der Waals surface area contributed by atoms with Gasteiger partial charge in [0.25, 0.3) is 0 Å². The van der Waals surface area contributed by atoms with Crippen LogP contribution in [0.2, 0.25) is 5.02 Å². The molecule has 4 rings (SSSR count). The molecular formula is C23H25ClN4OS. The molecular weight excluding hydrogens is 416 g/mol. The van der Waals surface area contributed by atoms with Crippen molar-refractivity contribution in [2.75, 3.05) is 16.8 Å². The quantitative estimate of drug-likeness (QED) is 0.484. The van der Waals surface area contributed by atoms with Crippen LogP contribution in [0.5, 0.6) is 0 Å². The Morgan fingerprint density at radius 2 is 2.00 bits per heavy atom. The summed E-state index contributed by atoms with van der Waals surface area (Å²) in [5.74, 6) is 2.63. The number of anilines is 2. The van der Waals surface area contributed by atoms with Crippen molar-refractivity contribution in [2.45, 2.75) is 38.8 Å². The van der Waals surface area contributed by atoms with Gasteiger partial charge in [-0.15, -0.1) is 0 Å². The fraction of sp³-hybridized carbons (Fsp3) is 0.304. The summed E-state index contributed by atoms with van der Waals surface area (Å²) in [5.41, 5.74) is 1.85. The number of nitrogens with zero attached hydrogens (tertiary/aromatic N) is 2. The lowest BCUT2D eigenvalue weighted by atomic mass is 10.0. The van der Waals surface area contributed by atoms with Gasteiger partial charge in [0.15, 0.2) is 5.11 Å². The molecule has 0 spiro atoms. The SMILES string of the molecule is C[C@@H]1CCCCN1c1ccc(NC(=S)NCc2ccc(-c3ccc(Cl)cc3)o2)cn1. The molecule has 0 saturated carbocycles. The molecule has 0 radical (unpaired) electrons. The van der Waals surface area contributed by atoms with Crippen molar-refractivity contribution < 1.29 is 4.42 Å². The van der Waals surface area contributed by atoms with Crippen LogP contribution in [0.25, 0.3) is 11.3 Å². The van der Waals surface area contributed by atoms with E-state index < -0.39 is 0 Å². The lowest BCUT2D eigenvalue weighted by Gasteiger charge is -2.34. The molecule has 1 atom stereocenters. The Morgan fingerprint density at radius 3 is 2.73 bits per heavy atom. The van der Waals surface area contributed by atoms with E-state index in [9.17, 15) is 0 Å². The zero-order valence-electron chi connectivity index (χ0n) is 16.9. The predicted molar refractivity (Wildman–Crippen MR) is 127 cm³/mol. The summed E-state index contributed by atoms with van der Waals surface area (Å²) in [6, 6.07) is 16.1. The van der Waals surface area contributed by atoms with Crippen molar-refractivity contribution in [1.29, 1.82) is 0 Å². The third-order valence-corrected chi connectivity index (χ3v) is 5.81. The number of hydrogen-bond acceptors (Lipinski definition) is 4. The topological polar surface area (TPSA) is 53.3 Å². The minimum Gasteiger partial charge on any atom is -0.459 e. The van der Waals surface area contributed by atoms with E-state index in [4.69, 9.17) is 28.2 Å². The van der Waals surface area contributed by atoms with Crippen LogP contribution in [0.15, 0.2) is 59.1 Å². The van der Waals surface area contributed by atoms with Crippen molar-refractivity contribution in [3.63, 3.8) is 0 Å². The van der Waals surface area contributed by atoms with Crippen LogP contribution in [0.4, 0.5) is 11.5 Å². The highest BCUT2D eigenvalue weighted by atomic mass is 35.5. The Labute approximate surface area is 187 Å². The first kappa shape index (κ1) is 20.7. The number of benzene rings is 1. The van der Waals surface area contributed by atoms with Gasteiger partial charge in [-0.25, -0.2) is 4.98 Å². The lowest BCUT2D eigenvalue weighted by molar-refractivity contribution is 0.481. The zero-order valence-corrected chi connectivity index (χ0v) is 18.5. The highest BCUT2D eigenvalue weighted by molar-refractivity contribution is 7.80. The van der Waals surface area contributed by atoms with Crippen LogP contribution in [0.3, 0.4) is 0 Å². The molecule has 1 saturated heterocycles. The maximum absolute atomic E-state index is 5.94. The number of thiocarbonyl (C=S) groups is 1. The van der Waals surface area contributed by atoms with Gasteiger partial charge in [-0.1, -0.05) is 11.6 Å². The first-order chi connectivity index (χ1) is 14.6. The molecule has 0 aliphatic carbocycles. The van der Waals surface area contributed by atoms with Gasteiger partial charge in [0.2, 0.25) is 0 Å². The van der Waals surface area contributed by atoms with E-state index in [1.807, 2.05) is 48.7 Å². The monoisotopic (exact) mass is 440 g/mol. The summed E-state index contributed by atoms with van der Waals surface area (Å²) in [4.78, 5) is 6.99. The van der Waals surface area contributed by atoms with Gasteiger partial charge in [0.1, 0.15) is 17.3 Å². The Morgan fingerprint density at radius 1 is 1.17 bits per heavy atom. The van der Waals surface area contributed by atoms with Gasteiger partial charge in [-0.3, -0.25) is 0 Å². The van der Waals surface area contributed by atoms with Crippen LogP contribution in [-0.2, 0) is 6.54 Å². The average Bonchev–Trinajstić information content (AvgIpc) is 3.23. The summed E-state index contributed by atoms with van der Waals surface area (Å²) in [6.07, 6.45) is 5.58. The molecule has 0 unspecified atom stereocenters. The second kappa shape index (κ2) is 9.49. The first-order valence-corrected chi connectivity index (χ1v) is 11.0. The Bertz CT molecular complexity index is 987. The van der Waals surface area contributed by atoms with E-state index in [1.165, 1.54) is 19.3 Å². The number of piperidine rings is 1. The smallest absolute Gasteiger partial charge is 0.171 e. The maximum Gasteiger partial charge on any atom is 0.171 e. The number of hydrogen-bond donors (Lipinski definition) is 2. The van der Waals surface area contributed by atoms with Gasteiger partial charge < -0.3 is 20.0 Å². The van der Waals surface area contributed by atoms with Gasteiger partial charge in [0.05, 0.1) is 18.4 Å². The van der Waals surface area contributed by atoms with Crippen LogP contribution in [0, 0.1) is 0 Å². The number of furan rings is 1. The molecule has 1 fully saturated rings. The molecule has 1 aromatic carbocycles. The second-order valence-corrected chi connectivity index (χ2v) is 8.37. The normalized spacial score (nSPS) is 16.3. The molecule has 5 nitrogen and oxygen atoms in total. The maximum atomic E-state index is 5.94. The fourth-order valence-electron chi connectivity index (χ4n) is 3.65. The van der Waals surface area contributed by atoms with Crippen molar-refractivity contribution in [1.82, 2.24) is 10.3 Å². The van der Waals surface area contributed by atoms with E-state index in [-0.39, 0.29) is 0 Å². The molecule has 7 heteroatoms. The number of rotatable bonds is 5. The summed E-state index contributed by atoms with van der Waals surface area (Å²) < 4.78 is 5.89. The molecule has 0 amide bonds. The minimum absolute atomic E-state index is 0.496. The molecule has 1 aliphatic rings. The van der Waals surface area contributed by atoms with Crippen molar-refractivity contribution in [2.24, 2.45) is 0 Å². The lowest BCUT2D eigenvalue weighted by Crippen LogP contribution is -2.37. The largest absolute Gasteiger partial charge is 0.459 e. The Balaban J connectivity index is 1.29. The number of halogens is 1. The van der Waals surface area contributed by atoms with E-state index in [0.29, 0.717) is 22.7 Å². The standard InChI is InChI=1S/C23H25ClN4OS/c1-16-4-2-3-13-28(16)22-12-9-19(14-25-22)27-23(30)26-15-20-10-11-21(29-20)17-5-7-18(24)8-6-17/h5-12,14,16H,2-4,13,15H2,1H3,(H2,26,27,30)/t16-/m1/s1. The highest BCUT2D eigenvalue weighted by Crippen LogP contribution is 2.25. The third kappa shape index (κ3) is 5.12. The number of pyridine rings is 1. The second-order valence-electron chi connectivity index (χ2n) is 7.52. The van der Waals surface area contributed by atoms with E-state index in [2.05, 4.69) is 33.5 Å². The van der Waals surface area contributed by atoms with Crippen LogP contribution in [-0.4, -0.2) is 22.7 Å². The average molecular weight is 441 g/mol. The number of aromatic nitrogens is 1. The molecule has 1 aliphatic heterocycles. The zero-order chi connectivity index (χ0) is 20.9. The molecule has 3 aromatic rings. The Hall–Kier alpha value is -2.57. The Kier molecular flexibility index (Phi) is 6.55. The molecule has 3 heterocycles. The van der Waals surface area contributed by atoms with Crippen LogP contribution >= 0.6 is 23.8 Å². The van der Waals surface area contributed by atoms with Gasteiger partial charge in [0, 0.05) is 23.2 Å². The number of nitrogens with one attached hydrogen (secondary N) is 2. The molecule has 2 aromatic heterocycles. The summed E-state index contributed by atoms with van der Waals surface area (Å²) in [6.45, 7) is 3.83. The summed E-state index contributed by atoms with van der Waals surface area (Å²) in [5, 5.41) is 7.59. The third-order valence-electron chi connectivity index (χ3n) is 5.32. The van der Waals surface area contributed by atoms with Gasteiger partial charge in [-0.05, 0) is 86.9 Å². The van der Waals surface area contributed by atoms with Gasteiger partial charge in [-0.2, -0.15) is 0 Å². The minimum atomic E-state index is 0.496. The van der Waals surface area contributed by atoms with Crippen molar-refractivity contribution in [3.05, 3.63) is 65.5 Å². The van der Waals surface area contributed by atoms with E-state index in [0.717, 1.165) is 35.1 Å². The summed E-state index contributed by atoms with van der Waals surface area (Å²) in [7, 11) is 0. The molecule has 30 heavy (non-hydrogen) atoms.